The summed E-state index contributed by atoms with van der Waals surface area (Å²) >= 11 is 0. The zero-order valence-corrected chi connectivity index (χ0v) is 13.8. The van der Waals surface area contributed by atoms with Gasteiger partial charge in [0.15, 0.2) is 5.69 Å². The van der Waals surface area contributed by atoms with Crippen LogP contribution in [0.5, 0.6) is 5.75 Å². The Morgan fingerprint density at radius 2 is 1.81 bits per heavy atom. The van der Waals surface area contributed by atoms with E-state index in [4.69, 9.17) is 5.26 Å². The molecule has 132 valence electrons. The Bertz CT molecular complexity index is 1000. The number of nitriles is 1. The quantitative estimate of drug-likeness (QED) is 0.747. The fraction of sp³-hybridized carbons (Fsp3) is 0.167. The summed E-state index contributed by atoms with van der Waals surface area (Å²) in [5.41, 5.74) is 4.46. The molecule has 0 spiro atoms. The molecule has 3 rings (SSSR count). The van der Waals surface area contributed by atoms with Crippen molar-refractivity contribution in [1.29, 1.82) is 5.26 Å². The third kappa shape index (κ3) is 3.67. The molecule has 2 aromatic carbocycles. The van der Waals surface area contributed by atoms with Gasteiger partial charge in [0, 0.05) is 5.56 Å². The lowest BCUT2D eigenvalue weighted by atomic mass is 9.95. The third-order valence-corrected chi connectivity index (χ3v) is 3.75. The summed E-state index contributed by atoms with van der Waals surface area (Å²) in [4.78, 5) is 0. The molecule has 5 nitrogen and oxygen atoms in total. The van der Waals surface area contributed by atoms with Gasteiger partial charge in [-0.1, -0.05) is 17.3 Å². The number of H-pyrrole nitrogens is 1. The summed E-state index contributed by atoms with van der Waals surface area (Å²) in [6.45, 7) is 3.59. The molecule has 3 aromatic rings. The van der Waals surface area contributed by atoms with Crippen molar-refractivity contribution >= 4 is 0 Å². The first-order chi connectivity index (χ1) is 12.3. The van der Waals surface area contributed by atoms with Crippen LogP contribution in [0.2, 0.25) is 0 Å². The van der Waals surface area contributed by atoms with E-state index in [1.54, 1.807) is 13.0 Å². The van der Waals surface area contributed by atoms with E-state index in [0.717, 1.165) is 16.7 Å². The molecule has 0 atom stereocenters. The molecule has 1 N–H and O–H groups in total. The molecular weight excluding hydrogens is 345 g/mol. The number of aromatic nitrogens is 3. The van der Waals surface area contributed by atoms with Crippen molar-refractivity contribution in [3.05, 3.63) is 53.2 Å². The van der Waals surface area contributed by atoms with Gasteiger partial charge in [0.25, 0.3) is 0 Å². The molecule has 0 amide bonds. The Balaban J connectivity index is 2.04. The van der Waals surface area contributed by atoms with Gasteiger partial charge in [-0.25, -0.2) is 5.10 Å². The molecule has 0 saturated carbocycles. The second kappa shape index (κ2) is 6.52. The van der Waals surface area contributed by atoms with Gasteiger partial charge in [-0.05, 0) is 60.4 Å². The largest absolute Gasteiger partial charge is 0.573 e. The summed E-state index contributed by atoms with van der Waals surface area (Å²) in [7, 11) is 0. The van der Waals surface area contributed by atoms with Gasteiger partial charge >= 0.3 is 6.36 Å². The predicted molar refractivity (Wildman–Crippen MR) is 88.1 cm³/mol. The minimum absolute atomic E-state index is 0.243. The van der Waals surface area contributed by atoms with Crippen LogP contribution in [-0.2, 0) is 0 Å². The average molecular weight is 358 g/mol. The number of ether oxygens (including phenoxy) is 1. The zero-order valence-electron chi connectivity index (χ0n) is 13.8. The fourth-order valence-electron chi connectivity index (χ4n) is 2.74. The summed E-state index contributed by atoms with van der Waals surface area (Å²) in [5.74, 6) is -0.269. The SMILES string of the molecule is Cc1cc(-c2ccc(OC(F)(F)F)cc2C)cc(-c2nn[nH]c2C#N)c1. The number of hydrogen-bond donors (Lipinski definition) is 1. The molecule has 1 heterocycles. The lowest BCUT2D eigenvalue weighted by Crippen LogP contribution is -2.17. The Hall–Kier alpha value is -3.34. The van der Waals surface area contributed by atoms with E-state index in [0.29, 0.717) is 16.8 Å². The smallest absolute Gasteiger partial charge is 0.406 e. The minimum Gasteiger partial charge on any atom is -0.406 e. The molecule has 0 bridgehead atoms. The van der Waals surface area contributed by atoms with Crippen LogP contribution in [-0.4, -0.2) is 21.8 Å². The van der Waals surface area contributed by atoms with E-state index in [9.17, 15) is 13.2 Å². The Kier molecular flexibility index (Phi) is 4.38. The minimum atomic E-state index is -4.73. The van der Waals surface area contributed by atoms with Crippen LogP contribution < -0.4 is 4.74 Å². The average Bonchev–Trinajstić information content (AvgIpc) is 3.01. The van der Waals surface area contributed by atoms with Crippen molar-refractivity contribution in [2.75, 3.05) is 0 Å². The molecule has 26 heavy (non-hydrogen) atoms. The summed E-state index contributed by atoms with van der Waals surface area (Å²) in [6.07, 6.45) is -4.73. The van der Waals surface area contributed by atoms with E-state index in [-0.39, 0.29) is 11.4 Å². The lowest BCUT2D eigenvalue weighted by molar-refractivity contribution is -0.274. The van der Waals surface area contributed by atoms with E-state index in [2.05, 4.69) is 20.1 Å². The predicted octanol–water partition coefficient (Wildman–Crippen LogP) is 4.53. The molecule has 0 fully saturated rings. The van der Waals surface area contributed by atoms with Crippen LogP contribution in [0.4, 0.5) is 13.2 Å². The highest BCUT2D eigenvalue weighted by Crippen LogP contribution is 2.33. The highest BCUT2D eigenvalue weighted by Gasteiger charge is 2.31. The standard InChI is InChI=1S/C18H13F3N4O/c1-10-5-12(8-13(6-10)17-16(9-22)23-25-24-17)15-4-3-14(7-11(15)2)26-18(19,20)21/h3-8H,1-2H3,(H,23,24,25). The summed E-state index contributed by atoms with van der Waals surface area (Å²) in [6, 6.07) is 11.8. The van der Waals surface area contributed by atoms with Gasteiger partial charge < -0.3 is 4.74 Å². The zero-order chi connectivity index (χ0) is 18.9. The van der Waals surface area contributed by atoms with Gasteiger partial charge in [0.1, 0.15) is 17.5 Å². The van der Waals surface area contributed by atoms with Crippen LogP contribution in [0, 0.1) is 25.2 Å². The molecule has 0 aliphatic rings. The van der Waals surface area contributed by atoms with Crippen molar-refractivity contribution in [2.24, 2.45) is 0 Å². The Morgan fingerprint density at radius 3 is 2.46 bits per heavy atom. The highest BCUT2D eigenvalue weighted by molar-refractivity contribution is 5.76. The number of halogens is 3. The van der Waals surface area contributed by atoms with Crippen molar-refractivity contribution in [3.8, 4) is 34.2 Å². The number of aromatic amines is 1. The maximum absolute atomic E-state index is 12.4. The first kappa shape index (κ1) is 17.5. The molecule has 1 aromatic heterocycles. The molecule has 0 saturated heterocycles. The van der Waals surface area contributed by atoms with E-state index < -0.39 is 6.36 Å². The molecule has 0 radical (unpaired) electrons. The summed E-state index contributed by atoms with van der Waals surface area (Å²) in [5, 5.41) is 19.2. The first-order valence-electron chi connectivity index (χ1n) is 7.57. The number of rotatable bonds is 3. The van der Waals surface area contributed by atoms with Gasteiger partial charge in [0.2, 0.25) is 0 Å². The van der Waals surface area contributed by atoms with Crippen LogP contribution in [0.15, 0.2) is 36.4 Å². The Labute approximate surface area is 147 Å². The number of nitrogens with one attached hydrogen (secondary N) is 1. The second-order valence-electron chi connectivity index (χ2n) is 5.76. The number of nitrogens with zero attached hydrogens (tertiary/aromatic N) is 3. The molecular formula is C18H13F3N4O. The number of aryl methyl sites for hydroxylation is 2. The van der Waals surface area contributed by atoms with Gasteiger partial charge in [-0.3, -0.25) is 0 Å². The fourth-order valence-corrected chi connectivity index (χ4v) is 2.74. The van der Waals surface area contributed by atoms with Crippen LogP contribution in [0.25, 0.3) is 22.4 Å². The first-order valence-corrected chi connectivity index (χ1v) is 7.57. The van der Waals surface area contributed by atoms with Crippen LogP contribution in [0.1, 0.15) is 16.8 Å². The maximum Gasteiger partial charge on any atom is 0.573 e. The maximum atomic E-state index is 12.4. The van der Waals surface area contributed by atoms with Crippen LogP contribution >= 0.6 is 0 Å². The molecule has 0 aliphatic heterocycles. The normalized spacial score (nSPS) is 11.2. The summed E-state index contributed by atoms with van der Waals surface area (Å²) < 4.78 is 41.1. The van der Waals surface area contributed by atoms with Gasteiger partial charge in [-0.15, -0.1) is 18.3 Å². The monoisotopic (exact) mass is 358 g/mol. The van der Waals surface area contributed by atoms with E-state index in [1.807, 2.05) is 31.2 Å². The molecule has 0 aliphatic carbocycles. The molecule has 0 unspecified atom stereocenters. The topological polar surface area (TPSA) is 74.6 Å². The van der Waals surface area contributed by atoms with Crippen molar-refractivity contribution in [3.63, 3.8) is 0 Å². The van der Waals surface area contributed by atoms with Crippen molar-refractivity contribution in [2.45, 2.75) is 20.2 Å². The van der Waals surface area contributed by atoms with Crippen molar-refractivity contribution in [1.82, 2.24) is 15.4 Å². The van der Waals surface area contributed by atoms with Gasteiger partial charge in [0.05, 0.1) is 0 Å². The lowest BCUT2D eigenvalue weighted by Gasteiger charge is -2.13. The van der Waals surface area contributed by atoms with E-state index >= 15 is 0 Å². The number of benzene rings is 2. The van der Waals surface area contributed by atoms with Crippen LogP contribution in [0.3, 0.4) is 0 Å². The van der Waals surface area contributed by atoms with Crippen molar-refractivity contribution < 1.29 is 17.9 Å². The highest BCUT2D eigenvalue weighted by atomic mass is 19.4. The second-order valence-corrected chi connectivity index (χ2v) is 5.76. The van der Waals surface area contributed by atoms with Gasteiger partial charge in [-0.2, -0.15) is 5.26 Å². The molecule has 8 heteroatoms. The Morgan fingerprint density at radius 1 is 1.08 bits per heavy atom. The number of hydrogen-bond acceptors (Lipinski definition) is 4. The van der Waals surface area contributed by atoms with E-state index in [1.165, 1.54) is 12.1 Å². The number of alkyl halides is 3. The third-order valence-electron chi connectivity index (χ3n) is 3.75.